The highest BCUT2D eigenvalue weighted by molar-refractivity contribution is 8.08. The first kappa shape index (κ1) is 18.1. The Morgan fingerprint density at radius 3 is 2.59 bits per heavy atom. The molecule has 1 fully saturated rings. The minimum absolute atomic E-state index is 0.607. The fraction of sp³-hybridized carbons (Fsp3) is 0.368. The molecule has 1 aromatic heterocycles. The lowest BCUT2D eigenvalue weighted by molar-refractivity contribution is 0.122. The number of anilines is 3. The molecule has 2 aromatic rings. The van der Waals surface area contributed by atoms with Gasteiger partial charge in [0.05, 0.1) is 29.7 Å². The van der Waals surface area contributed by atoms with Gasteiger partial charge < -0.3 is 20.0 Å². The number of thioether (sulfide) groups is 1. The van der Waals surface area contributed by atoms with Gasteiger partial charge in [-0.2, -0.15) is 0 Å². The third kappa shape index (κ3) is 4.02. The summed E-state index contributed by atoms with van der Waals surface area (Å²) in [6, 6.07) is 10.3. The van der Waals surface area contributed by atoms with E-state index in [1.807, 2.05) is 13.1 Å². The number of benzene rings is 1. The Balaban J connectivity index is 1.48. The van der Waals surface area contributed by atoms with Crippen molar-refractivity contribution in [3.05, 3.63) is 47.9 Å². The predicted octanol–water partition coefficient (Wildman–Crippen LogP) is 2.89. The van der Waals surface area contributed by atoms with E-state index in [-0.39, 0.29) is 0 Å². The third-order valence-corrected chi connectivity index (χ3v) is 5.91. The minimum Gasteiger partial charge on any atom is -0.378 e. The van der Waals surface area contributed by atoms with Crippen LogP contribution in [0.3, 0.4) is 0 Å². The second-order valence-electron chi connectivity index (χ2n) is 6.38. The van der Waals surface area contributed by atoms with Gasteiger partial charge in [0.15, 0.2) is 0 Å². The van der Waals surface area contributed by atoms with Crippen molar-refractivity contribution in [1.82, 2.24) is 20.4 Å². The molecule has 0 saturated carbocycles. The number of hydrazine groups is 1. The average molecular weight is 385 g/mol. The lowest BCUT2D eigenvalue weighted by atomic mass is 10.2. The number of rotatable bonds is 5. The van der Waals surface area contributed by atoms with E-state index >= 15 is 0 Å². The second-order valence-corrected chi connectivity index (χ2v) is 7.33. The molecule has 1 saturated heterocycles. The lowest BCUT2D eigenvalue weighted by Gasteiger charge is -2.28. The number of nitrogens with one attached hydrogen (secondary N) is 2. The molecule has 4 rings (SSSR count). The summed E-state index contributed by atoms with van der Waals surface area (Å²) in [5, 5.41) is 5.42. The van der Waals surface area contributed by atoms with Crippen molar-refractivity contribution in [2.24, 2.45) is 0 Å². The molecule has 0 amide bonds. The molecule has 2 aliphatic rings. The smallest absolute Gasteiger partial charge is 0.227 e. The largest absolute Gasteiger partial charge is 0.378 e. The summed E-state index contributed by atoms with van der Waals surface area (Å²) in [5.41, 5.74) is 7.50. The maximum absolute atomic E-state index is 5.42. The van der Waals surface area contributed by atoms with Crippen LogP contribution in [0, 0.1) is 0 Å². The van der Waals surface area contributed by atoms with Gasteiger partial charge in [-0.15, -0.1) is 0 Å². The van der Waals surface area contributed by atoms with E-state index in [0.717, 1.165) is 43.6 Å². The summed E-state index contributed by atoms with van der Waals surface area (Å²) >= 11 is 1.78. The minimum atomic E-state index is 0.607. The van der Waals surface area contributed by atoms with Gasteiger partial charge in [-0.3, -0.25) is 0 Å². The van der Waals surface area contributed by atoms with Crippen molar-refractivity contribution in [2.75, 3.05) is 49.4 Å². The first-order valence-electron chi connectivity index (χ1n) is 9.06. The molecule has 7 nitrogen and oxygen atoms in total. The SMILES string of the molecule is CNN1CSC(c2ccnc(Nc3ccc(N4CCOCC4)cc3)n2)=C1C. The van der Waals surface area contributed by atoms with Gasteiger partial charge in [0.25, 0.3) is 0 Å². The topological polar surface area (TPSA) is 65.5 Å². The molecule has 0 unspecified atom stereocenters. The highest BCUT2D eigenvalue weighted by atomic mass is 32.2. The summed E-state index contributed by atoms with van der Waals surface area (Å²) in [4.78, 5) is 12.6. The van der Waals surface area contributed by atoms with Gasteiger partial charge >= 0.3 is 0 Å². The monoisotopic (exact) mass is 384 g/mol. The van der Waals surface area contributed by atoms with Crippen molar-refractivity contribution in [3.63, 3.8) is 0 Å². The van der Waals surface area contributed by atoms with Crippen LogP contribution in [-0.2, 0) is 4.74 Å². The third-order valence-electron chi connectivity index (χ3n) is 4.73. The van der Waals surface area contributed by atoms with Crippen molar-refractivity contribution in [1.29, 1.82) is 0 Å². The summed E-state index contributed by atoms with van der Waals surface area (Å²) in [6.45, 7) is 5.56. The van der Waals surface area contributed by atoms with Crippen LogP contribution in [0.4, 0.5) is 17.3 Å². The van der Waals surface area contributed by atoms with Crippen LogP contribution in [0.5, 0.6) is 0 Å². The molecule has 1 aromatic carbocycles. The zero-order valence-electron chi connectivity index (χ0n) is 15.6. The Morgan fingerprint density at radius 2 is 1.89 bits per heavy atom. The summed E-state index contributed by atoms with van der Waals surface area (Å²) in [6.07, 6.45) is 1.80. The molecule has 0 aliphatic carbocycles. The quantitative estimate of drug-likeness (QED) is 0.816. The van der Waals surface area contributed by atoms with Crippen molar-refractivity contribution < 1.29 is 4.74 Å². The first-order valence-corrected chi connectivity index (χ1v) is 10.0. The van der Waals surface area contributed by atoms with Gasteiger partial charge in [-0.1, -0.05) is 11.8 Å². The molecule has 2 N–H and O–H groups in total. The number of ether oxygens (including phenoxy) is 1. The molecule has 0 spiro atoms. The lowest BCUT2D eigenvalue weighted by Crippen LogP contribution is -2.36. The van der Waals surface area contributed by atoms with Crippen LogP contribution in [0.2, 0.25) is 0 Å². The van der Waals surface area contributed by atoms with Crippen molar-refractivity contribution in [3.8, 4) is 0 Å². The Morgan fingerprint density at radius 1 is 1.11 bits per heavy atom. The van der Waals surface area contributed by atoms with Crippen molar-refractivity contribution >= 4 is 34.0 Å². The van der Waals surface area contributed by atoms with Gasteiger partial charge in [0.2, 0.25) is 5.95 Å². The maximum atomic E-state index is 5.42. The summed E-state index contributed by atoms with van der Waals surface area (Å²) in [5.74, 6) is 1.49. The number of hydrogen-bond donors (Lipinski definition) is 2. The highest BCUT2D eigenvalue weighted by Gasteiger charge is 2.21. The van der Waals surface area contributed by atoms with Crippen LogP contribution >= 0.6 is 11.8 Å². The Labute approximate surface area is 163 Å². The van der Waals surface area contributed by atoms with Crippen molar-refractivity contribution in [2.45, 2.75) is 6.92 Å². The van der Waals surface area contributed by atoms with E-state index in [2.05, 4.69) is 56.8 Å². The average Bonchev–Trinajstić information content (AvgIpc) is 3.10. The molecule has 142 valence electrons. The number of allylic oxidation sites excluding steroid dienone is 1. The molecular weight excluding hydrogens is 360 g/mol. The summed E-state index contributed by atoms with van der Waals surface area (Å²) in [7, 11) is 1.93. The highest BCUT2D eigenvalue weighted by Crippen LogP contribution is 2.37. The number of nitrogens with zero attached hydrogens (tertiary/aromatic N) is 4. The first-order chi connectivity index (χ1) is 13.2. The number of aromatic nitrogens is 2. The van der Waals surface area contributed by atoms with E-state index in [1.165, 1.54) is 16.3 Å². The van der Waals surface area contributed by atoms with E-state index in [0.29, 0.717) is 5.95 Å². The molecule has 0 bridgehead atoms. The maximum Gasteiger partial charge on any atom is 0.227 e. The van der Waals surface area contributed by atoms with Gasteiger partial charge in [0, 0.05) is 43.4 Å². The molecule has 27 heavy (non-hydrogen) atoms. The molecule has 3 heterocycles. The fourth-order valence-electron chi connectivity index (χ4n) is 3.20. The zero-order valence-corrected chi connectivity index (χ0v) is 16.4. The molecule has 8 heteroatoms. The second kappa shape index (κ2) is 8.16. The normalized spacial score (nSPS) is 17.6. The van der Waals surface area contributed by atoms with E-state index in [4.69, 9.17) is 9.72 Å². The Hall–Kier alpha value is -2.29. The molecule has 2 aliphatic heterocycles. The number of hydrogen-bond acceptors (Lipinski definition) is 8. The Bertz CT molecular complexity index is 819. The van der Waals surface area contributed by atoms with Gasteiger partial charge in [-0.05, 0) is 37.3 Å². The zero-order chi connectivity index (χ0) is 18.6. The Kier molecular flexibility index (Phi) is 5.47. The van der Waals surface area contributed by atoms with Crippen LogP contribution in [0.25, 0.3) is 4.91 Å². The van der Waals surface area contributed by atoms with Crippen LogP contribution in [0.15, 0.2) is 42.2 Å². The molecular formula is C19H24N6OS. The summed E-state index contributed by atoms with van der Waals surface area (Å²) < 4.78 is 5.42. The van der Waals surface area contributed by atoms with E-state index < -0.39 is 0 Å². The fourth-order valence-corrected chi connectivity index (χ4v) is 4.36. The van der Waals surface area contributed by atoms with E-state index in [1.54, 1.807) is 18.0 Å². The van der Waals surface area contributed by atoms with Gasteiger partial charge in [-0.25, -0.2) is 15.4 Å². The molecule has 0 atom stereocenters. The number of morpholine rings is 1. The standard InChI is InChI=1S/C19H24N6OS/c1-14-18(27-13-25(14)20-2)17-7-8-21-19(23-17)22-15-3-5-16(6-4-15)24-9-11-26-12-10-24/h3-8,20H,9-13H2,1-2H3,(H,21,22,23). The van der Waals surface area contributed by atoms with Crippen LogP contribution in [0.1, 0.15) is 12.6 Å². The van der Waals surface area contributed by atoms with E-state index in [9.17, 15) is 0 Å². The van der Waals surface area contributed by atoms with Crippen LogP contribution in [-0.4, -0.2) is 54.2 Å². The molecule has 0 radical (unpaired) electrons. The van der Waals surface area contributed by atoms with Gasteiger partial charge in [0.1, 0.15) is 0 Å². The predicted molar refractivity (Wildman–Crippen MR) is 111 cm³/mol. The van der Waals surface area contributed by atoms with Crippen LogP contribution < -0.4 is 15.6 Å².